The highest BCUT2D eigenvalue weighted by Crippen LogP contribution is 2.25. The van der Waals surface area contributed by atoms with Crippen molar-refractivity contribution in [2.75, 3.05) is 27.2 Å². The molecule has 0 atom stereocenters. The number of carbonyl (C=O) groups excluding carboxylic acids is 2. The standard InChI is InChI=1S/C25H29N5O5/c1-16-7-5-6-8-18(16)13-22(31)29-10-9-20-24(21(34-4)14-23(32)30(20)12-11-29)25(33)28(3)15-19-17(2)26-35-27-19/h5-8,14H,9-13,15H2,1-4H3. The number of aryl methyl sites for hydroxylation is 2. The number of fused-ring (bicyclic) bond motifs is 1. The minimum absolute atomic E-state index is 0.00822. The fourth-order valence-electron chi connectivity index (χ4n) is 4.35. The van der Waals surface area contributed by atoms with E-state index in [1.807, 2.05) is 31.2 Å². The molecule has 0 saturated carbocycles. The van der Waals surface area contributed by atoms with E-state index in [-0.39, 0.29) is 29.7 Å². The van der Waals surface area contributed by atoms with Gasteiger partial charge in [0.05, 0.1) is 20.1 Å². The van der Waals surface area contributed by atoms with Crippen LogP contribution in [0.1, 0.15) is 38.6 Å². The summed E-state index contributed by atoms with van der Waals surface area (Å²) >= 11 is 0. The Balaban J connectivity index is 1.60. The highest BCUT2D eigenvalue weighted by molar-refractivity contribution is 5.98. The van der Waals surface area contributed by atoms with Gasteiger partial charge in [0.1, 0.15) is 22.7 Å². The molecular formula is C25H29N5O5. The van der Waals surface area contributed by atoms with Gasteiger partial charge in [0.2, 0.25) is 5.91 Å². The Morgan fingerprint density at radius 1 is 1.14 bits per heavy atom. The number of pyridine rings is 1. The second kappa shape index (κ2) is 10.1. The first-order chi connectivity index (χ1) is 16.8. The molecule has 184 valence electrons. The lowest BCUT2D eigenvalue weighted by Gasteiger charge is -2.21. The Morgan fingerprint density at radius 2 is 1.91 bits per heavy atom. The molecule has 4 rings (SSSR count). The smallest absolute Gasteiger partial charge is 0.259 e. The summed E-state index contributed by atoms with van der Waals surface area (Å²) in [6.45, 7) is 5.01. The van der Waals surface area contributed by atoms with Crippen LogP contribution in [0.2, 0.25) is 0 Å². The fourth-order valence-corrected chi connectivity index (χ4v) is 4.35. The van der Waals surface area contributed by atoms with E-state index in [0.29, 0.717) is 55.1 Å². The van der Waals surface area contributed by atoms with Crippen molar-refractivity contribution < 1.29 is 19.0 Å². The number of hydrogen-bond acceptors (Lipinski definition) is 7. The van der Waals surface area contributed by atoms with Crippen LogP contribution in [0.4, 0.5) is 0 Å². The number of hydrogen-bond donors (Lipinski definition) is 0. The van der Waals surface area contributed by atoms with Crippen molar-refractivity contribution in [1.82, 2.24) is 24.7 Å². The monoisotopic (exact) mass is 479 g/mol. The minimum Gasteiger partial charge on any atom is -0.496 e. The Morgan fingerprint density at radius 3 is 2.60 bits per heavy atom. The van der Waals surface area contributed by atoms with E-state index in [4.69, 9.17) is 9.37 Å². The van der Waals surface area contributed by atoms with Gasteiger partial charge in [-0.2, -0.15) is 0 Å². The van der Waals surface area contributed by atoms with Gasteiger partial charge < -0.3 is 19.1 Å². The van der Waals surface area contributed by atoms with Crippen molar-refractivity contribution in [3.63, 3.8) is 0 Å². The summed E-state index contributed by atoms with van der Waals surface area (Å²) in [6.07, 6.45) is 0.645. The van der Waals surface area contributed by atoms with E-state index in [1.54, 1.807) is 23.4 Å². The zero-order valence-electron chi connectivity index (χ0n) is 20.4. The molecule has 3 aromatic rings. The first-order valence-electron chi connectivity index (χ1n) is 11.5. The molecule has 1 aromatic carbocycles. The topological polar surface area (TPSA) is 111 Å². The molecule has 10 heteroatoms. The molecule has 3 heterocycles. The van der Waals surface area contributed by atoms with Crippen LogP contribution in [0.25, 0.3) is 0 Å². The van der Waals surface area contributed by atoms with Gasteiger partial charge in [-0.15, -0.1) is 0 Å². The Hall–Kier alpha value is -3.95. The number of carbonyl (C=O) groups is 2. The van der Waals surface area contributed by atoms with Crippen LogP contribution in [-0.4, -0.2) is 63.7 Å². The zero-order chi connectivity index (χ0) is 25.1. The van der Waals surface area contributed by atoms with E-state index in [2.05, 4.69) is 10.3 Å². The van der Waals surface area contributed by atoms with Crippen LogP contribution in [0.5, 0.6) is 5.75 Å². The highest BCUT2D eigenvalue weighted by atomic mass is 16.6. The maximum Gasteiger partial charge on any atom is 0.259 e. The van der Waals surface area contributed by atoms with Gasteiger partial charge >= 0.3 is 0 Å². The molecule has 1 aliphatic rings. The number of benzene rings is 1. The van der Waals surface area contributed by atoms with Crippen LogP contribution < -0.4 is 10.3 Å². The lowest BCUT2D eigenvalue weighted by molar-refractivity contribution is -0.130. The largest absolute Gasteiger partial charge is 0.496 e. The summed E-state index contributed by atoms with van der Waals surface area (Å²) in [7, 11) is 3.08. The van der Waals surface area contributed by atoms with Crippen molar-refractivity contribution in [2.24, 2.45) is 0 Å². The van der Waals surface area contributed by atoms with Crippen LogP contribution in [0, 0.1) is 13.8 Å². The third kappa shape index (κ3) is 4.96. The highest BCUT2D eigenvalue weighted by Gasteiger charge is 2.29. The van der Waals surface area contributed by atoms with Crippen LogP contribution in [0.3, 0.4) is 0 Å². The van der Waals surface area contributed by atoms with Gasteiger partial charge in [0.25, 0.3) is 11.5 Å². The van der Waals surface area contributed by atoms with Crippen LogP contribution >= 0.6 is 0 Å². The van der Waals surface area contributed by atoms with Crippen molar-refractivity contribution in [3.8, 4) is 5.75 Å². The number of methoxy groups -OCH3 is 1. The molecule has 0 radical (unpaired) electrons. The molecule has 0 unspecified atom stereocenters. The number of rotatable bonds is 6. The van der Waals surface area contributed by atoms with Gasteiger partial charge in [-0.1, -0.05) is 34.6 Å². The zero-order valence-corrected chi connectivity index (χ0v) is 20.4. The predicted molar refractivity (Wildman–Crippen MR) is 127 cm³/mol. The third-order valence-corrected chi connectivity index (χ3v) is 6.46. The number of aromatic nitrogens is 3. The molecule has 0 saturated heterocycles. The quantitative estimate of drug-likeness (QED) is 0.530. The Kier molecular flexibility index (Phi) is 6.99. The normalized spacial score (nSPS) is 13.2. The predicted octanol–water partition coefficient (Wildman–Crippen LogP) is 1.76. The number of amides is 2. The second-order valence-electron chi connectivity index (χ2n) is 8.72. The number of ether oxygens (including phenoxy) is 1. The third-order valence-electron chi connectivity index (χ3n) is 6.46. The Bertz CT molecular complexity index is 1310. The number of nitrogens with zero attached hydrogens (tertiary/aromatic N) is 5. The first kappa shape index (κ1) is 24.2. The van der Waals surface area contributed by atoms with Crippen LogP contribution in [0.15, 0.2) is 39.8 Å². The van der Waals surface area contributed by atoms with Gasteiger partial charge in [-0.25, -0.2) is 4.63 Å². The molecule has 0 bridgehead atoms. The molecule has 1 aliphatic heterocycles. The van der Waals surface area contributed by atoms with Crippen molar-refractivity contribution in [1.29, 1.82) is 0 Å². The van der Waals surface area contributed by atoms with E-state index in [1.165, 1.54) is 18.1 Å². The average Bonchev–Trinajstić information content (AvgIpc) is 3.10. The van der Waals surface area contributed by atoms with Crippen LogP contribution in [-0.2, 0) is 30.7 Å². The van der Waals surface area contributed by atoms with E-state index < -0.39 is 0 Å². The van der Waals surface area contributed by atoms with Crippen molar-refractivity contribution >= 4 is 11.8 Å². The molecule has 0 N–H and O–H groups in total. The SMILES string of the molecule is COc1cc(=O)n2c(c1C(=O)N(C)Cc1nonc1C)CCN(C(=O)Cc1ccccc1C)CC2. The summed E-state index contributed by atoms with van der Waals surface area (Å²) in [4.78, 5) is 42.7. The average molecular weight is 480 g/mol. The first-order valence-corrected chi connectivity index (χ1v) is 11.5. The molecule has 0 fully saturated rings. The molecule has 2 aromatic heterocycles. The summed E-state index contributed by atoms with van der Waals surface area (Å²) in [6, 6.07) is 9.14. The van der Waals surface area contributed by atoms with E-state index >= 15 is 0 Å². The molecule has 0 spiro atoms. The van der Waals surface area contributed by atoms with Gasteiger partial charge in [-0.3, -0.25) is 14.4 Å². The van der Waals surface area contributed by atoms with Gasteiger partial charge in [-0.05, 0) is 25.0 Å². The van der Waals surface area contributed by atoms with Gasteiger partial charge in [0, 0.05) is 44.9 Å². The van der Waals surface area contributed by atoms with E-state index in [9.17, 15) is 14.4 Å². The maximum atomic E-state index is 13.5. The maximum absolute atomic E-state index is 13.5. The molecule has 2 amide bonds. The summed E-state index contributed by atoms with van der Waals surface area (Å²) < 4.78 is 11.8. The summed E-state index contributed by atoms with van der Waals surface area (Å²) in [5, 5.41) is 7.61. The molecule has 10 nitrogen and oxygen atoms in total. The van der Waals surface area contributed by atoms with Crippen molar-refractivity contribution in [3.05, 3.63) is 74.5 Å². The van der Waals surface area contributed by atoms with Gasteiger partial charge in [0.15, 0.2) is 0 Å². The molecular weight excluding hydrogens is 450 g/mol. The molecule has 35 heavy (non-hydrogen) atoms. The lowest BCUT2D eigenvalue weighted by atomic mass is 10.0. The minimum atomic E-state index is -0.312. The van der Waals surface area contributed by atoms with Crippen molar-refractivity contribution in [2.45, 2.75) is 39.8 Å². The second-order valence-corrected chi connectivity index (χ2v) is 8.72. The lowest BCUT2D eigenvalue weighted by Crippen LogP contribution is -2.35. The summed E-state index contributed by atoms with van der Waals surface area (Å²) in [5.41, 5.74) is 3.81. The fraction of sp³-hybridized carbons (Fsp3) is 0.400. The summed E-state index contributed by atoms with van der Waals surface area (Å²) in [5.74, 6) is -0.105. The van der Waals surface area contributed by atoms with E-state index in [0.717, 1.165) is 11.1 Å². The molecule has 0 aliphatic carbocycles. The Labute approximate surface area is 203 Å².